The Kier molecular flexibility index (Phi) is 5.97. The molecule has 7 heteroatoms. The first-order valence-corrected chi connectivity index (χ1v) is 8.84. The van der Waals surface area contributed by atoms with Crippen LogP contribution in [0.25, 0.3) is 11.1 Å². The first kappa shape index (κ1) is 19.6. The molecule has 0 aliphatic carbocycles. The van der Waals surface area contributed by atoms with Gasteiger partial charge in [0.05, 0.1) is 23.2 Å². The van der Waals surface area contributed by atoms with E-state index < -0.39 is 18.0 Å². The molecule has 2 aromatic carbocycles. The van der Waals surface area contributed by atoms with Crippen LogP contribution in [0.2, 0.25) is 10.0 Å². The van der Waals surface area contributed by atoms with Crippen LogP contribution in [0.15, 0.2) is 54.7 Å². The minimum atomic E-state index is -1.35. The van der Waals surface area contributed by atoms with Gasteiger partial charge in [0.25, 0.3) is 0 Å². The lowest BCUT2D eigenvalue weighted by Crippen LogP contribution is -2.21. The van der Waals surface area contributed by atoms with Crippen LogP contribution in [-0.2, 0) is 0 Å². The topological polar surface area (TPSA) is 68.4 Å². The van der Waals surface area contributed by atoms with Crippen molar-refractivity contribution in [3.05, 3.63) is 81.8 Å². The molecule has 0 aliphatic rings. The van der Waals surface area contributed by atoms with E-state index in [-0.39, 0.29) is 5.69 Å². The monoisotopic (exact) mass is 406 g/mol. The maximum absolute atomic E-state index is 14.6. The van der Waals surface area contributed by atoms with Gasteiger partial charge in [-0.1, -0.05) is 41.4 Å². The minimum absolute atomic E-state index is 0.139. The van der Waals surface area contributed by atoms with Crippen molar-refractivity contribution in [3.8, 4) is 16.9 Å². The average molecular weight is 407 g/mol. The molecule has 2 atom stereocenters. The van der Waals surface area contributed by atoms with Crippen LogP contribution in [0, 0.1) is 5.82 Å². The molecule has 140 valence electrons. The maximum atomic E-state index is 14.6. The van der Waals surface area contributed by atoms with Gasteiger partial charge in [-0.25, -0.2) is 4.39 Å². The van der Waals surface area contributed by atoms with Crippen molar-refractivity contribution in [1.82, 2.24) is 4.98 Å². The van der Waals surface area contributed by atoms with Crippen molar-refractivity contribution in [2.45, 2.75) is 12.1 Å². The molecular weight excluding hydrogens is 390 g/mol. The van der Waals surface area contributed by atoms with E-state index in [2.05, 4.69) is 4.98 Å². The van der Waals surface area contributed by atoms with E-state index >= 15 is 0 Å². The van der Waals surface area contributed by atoms with Gasteiger partial charge < -0.3 is 15.6 Å². The van der Waals surface area contributed by atoms with Gasteiger partial charge in [0, 0.05) is 11.8 Å². The second-order valence-electron chi connectivity index (χ2n) is 5.97. The Balaban J connectivity index is 1.89. The molecule has 0 fully saturated rings. The number of pyridine rings is 1. The van der Waals surface area contributed by atoms with Gasteiger partial charge in [0.15, 0.2) is 0 Å². The van der Waals surface area contributed by atoms with Crippen LogP contribution in [0.5, 0.6) is 5.75 Å². The van der Waals surface area contributed by atoms with Crippen LogP contribution in [0.3, 0.4) is 0 Å². The van der Waals surface area contributed by atoms with E-state index in [0.29, 0.717) is 26.9 Å². The molecule has 3 rings (SSSR count). The molecule has 0 radical (unpaired) electrons. The highest BCUT2D eigenvalue weighted by atomic mass is 35.5. The molecule has 4 nitrogen and oxygen atoms in total. The summed E-state index contributed by atoms with van der Waals surface area (Å²) in [5.74, 6) is -0.00279. The quantitative estimate of drug-likeness (QED) is 0.629. The van der Waals surface area contributed by atoms with Crippen LogP contribution < -0.4 is 10.5 Å². The number of hydrogen-bond donors (Lipinski definition) is 2. The molecule has 0 spiro atoms. The third kappa shape index (κ3) is 4.22. The number of aliphatic hydroxyl groups is 1. The summed E-state index contributed by atoms with van der Waals surface area (Å²) in [5.41, 5.74) is 7.76. The van der Waals surface area contributed by atoms with Crippen molar-refractivity contribution in [2.75, 3.05) is 7.11 Å². The van der Waals surface area contributed by atoms with Gasteiger partial charge in [-0.2, -0.15) is 0 Å². The van der Waals surface area contributed by atoms with E-state index in [4.69, 9.17) is 33.7 Å². The number of benzene rings is 2. The lowest BCUT2D eigenvalue weighted by molar-refractivity contribution is 0.137. The highest BCUT2D eigenvalue weighted by Gasteiger charge is 2.24. The Morgan fingerprint density at radius 2 is 1.85 bits per heavy atom. The van der Waals surface area contributed by atoms with Gasteiger partial charge in [-0.05, 0) is 41.5 Å². The summed E-state index contributed by atoms with van der Waals surface area (Å²) in [5, 5.41) is 11.2. The SMILES string of the molecule is COc1cccc(-c2cnc(C(O)C(N)c3ccc(Cl)c(Cl)c3)c(F)c2)c1. The molecule has 0 amide bonds. The van der Waals surface area contributed by atoms with Crippen LogP contribution >= 0.6 is 23.2 Å². The zero-order valence-corrected chi connectivity index (χ0v) is 15.9. The second kappa shape index (κ2) is 8.23. The summed E-state index contributed by atoms with van der Waals surface area (Å²) in [7, 11) is 1.56. The largest absolute Gasteiger partial charge is 0.497 e. The first-order chi connectivity index (χ1) is 12.9. The Morgan fingerprint density at radius 3 is 2.52 bits per heavy atom. The van der Waals surface area contributed by atoms with Gasteiger partial charge in [-0.3, -0.25) is 4.98 Å². The smallest absolute Gasteiger partial charge is 0.148 e. The van der Waals surface area contributed by atoms with Crippen molar-refractivity contribution in [2.24, 2.45) is 5.73 Å². The molecule has 0 saturated carbocycles. The molecule has 0 aliphatic heterocycles. The number of aliphatic hydroxyl groups excluding tert-OH is 1. The summed E-state index contributed by atoms with van der Waals surface area (Å²) < 4.78 is 19.8. The number of rotatable bonds is 5. The van der Waals surface area contributed by atoms with E-state index in [0.717, 1.165) is 5.56 Å². The molecule has 1 heterocycles. The van der Waals surface area contributed by atoms with E-state index in [1.54, 1.807) is 43.5 Å². The molecule has 1 aromatic heterocycles. The van der Waals surface area contributed by atoms with Gasteiger partial charge in [0.1, 0.15) is 23.4 Å². The van der Waals surface area contributed by atoms with E-state index in [1.807, 2.05) is 6.07 Å². The minimum Gasteiger partial charge on any atom is -0.497 e. The van der Waals surface area contributed by atoms with Crippen molar-refractivity contribution < 1.29 is 14.2 Å². The number of hydrogen-bond acceptors (Lipinski definition) is 4. The second-order valence-corrected chi connectivity index (χ2v) is 6.78. The molecular formula is C20H17Cl2FN2O2. The van der Waals surface area contributed by atoms with Gasteiger partial charge >= 0.3 is 0 Å². The Bertz CT molecular complexity index is 968. The summed E-state index contributed by atoms with van der Waals surface area (Å²) in [6.07, 6.45) is 0.138. The highest BCUT2D eigenvalue weighted by Crippen LogP contribution is 2.32. The third-order valence-corrected chi connectivity index (χ3v) is 4.96. The highest BCUT2D eigenvalue weighted by molar-refractivity contribution is 6.42. The lowest BCUT2D eigenvalue weighted by Gasteiger charge is -2.20. The Labute approximate surface area is 166 Å². The summed E-state index contributed by atoms with van der Waals surface area (Å²) in [6, 6.07) is 12.3. The van der Waals surface area contributed by atoms with Crippen LogP contribution in [0.4, 0.5) is 4.39 Å². The zero-order chi connectivity index (χ0) is 19.6. The van der Waals surface area contributed by atoms with E-state index in [9.17, 15) is 9.50 Å². The Hall–Kier alpha value is -2.18. The fourth-order valence-electron chi connectivity index (χ4n) is 2.70. The molecule has 3 aromatic rings. The van der Waals surface area contributed by atoms with Crippen LogP contribution in [0.1, 0.15) is 23.4 Å². The molecule has 0 saturated heterocycles. The fourth-order valence-corrected chi connectivity index (χ4v) is 3.01. The van der Waals surface area contributed by atoms with E-state index in [1.165, 1.54) is 12.3 Å². The third-order valence-electron chi connectivity index (χ3n) is 4.22. The number of nitrogens with two attached hydrogens (primary N) is 1. The molecule has 27 heavy (non-hydrogen) atoms. The number of ether oxygens (including phenoxy) is 1. The first-order valence-electron chi connectivity index (χ1n) is 8.09. The van der Waals surface area contributed by atoms with Gasteiger partial charge in [0.2, 0.25) is 0 Å². The standard InChI is InChI=1S/C20H17Cl2FN2O2/c1-27-14-4-2-3-11(7-14)13-9-17(23)19(25-10-13)20(26)18(24)12-5-6-15(21)16(22)8-12/h2-10,18,20,26H,24H2,1H3. The summed E-state index contributed by atoms with van der Waals surface area (Å²) in [6.45, 7) is 0. The number of aromatic nitrogens is 1. The summed E-state index contributed by atoms with van der Waals surface area (Å²) >= 11 is 11.9. The van der Waals surface area contributed by atoms with Crippen molar-refractivity contribution in [3.63, 3.8) is 0 Å². The predicted octanol–water partition coefficient (Wildman–Crippen LogP) is 4.94. The number of methoxy groups -OCH3 is 1. The number of halogens is 3. The Morgan fingerprint density at radius 1 is 1.07 bits per heavy atom. The average Bonchev–Trinajstić information content (AvgIpc) is 2.69. The summed E-state index contributed by atoms with van der Waals surface area (Å²) in [4.78, 5) is 4.09. The zero-order valence-electron chi connectivity index (χ0n) is 14.4. The normalized spacial score (nSPS) is 13.3. The van der Waals surface area contributed by atoms with Crippen LogP contribution in [-0.4, -0.2) is 17.2 Å². The van der Waals surface area contributed by atoms with Gasteiger partial charge in [-0.15, -0.1) is 0 Å². The molecule has 2 unspecified atom stereocenters. The molecule has 0 bridgehead atoms. The lowest BCUT2D eigenvalue weighted by atomic mass is 9.98. The predicted molar refractivity (Wildman–Crippen MR) is 105 cm³/mol. The van der Waals surface area contributed by atoms with Crippen molar-refractivity contribution >= 4 is 23.2 Å². The molecule has 3 N–H and O–H groups in total. The fraction of sp³-hybridized carbons (Fsp3) is 0.150. The maximum Gasteiger partial charge on any atom is 0.148 e. The number of nitrogens with zero attached hydrogens (tertiary/aromatic N) is 1. The van der Waals surface area contributed by atoms with Crippen molar-refractivity contribution in [1.29, 1.82) is 0 Å².